The van der Waals surface area contributed by atoms with Crippen LogP contribution < -0.4 is 15.4 Å². The minimum Gasteiger partial charge on any atom is -0.489 e. The molecule has 2 N–H and O–H groups in total. The predicted octanol–water partition coefficient (Wildman–Crippen LogP) is 3.21. The zero-order chi connectivity index (χ0) is 19.5. The highest BCUT2D eigenvalue weighted by atomic mass is 16.5. The number of nitrogens with one attached hydrogen (secondary N) is 2. The van der Waals surface area contributed by atoms with E-state index in [1.54, 1.807) is 6.08 Å². The SMILES string of the molecule is C=CCOc1ccccc1CN=C(NCC)NCCCn1nc(C)cc1C. The van der Waals surface area contributed by atoms with Crippen LogP contribution in [0.15, 0.2) is 48.0 Å². The summed E-state index contributed by atoms with van der Waals surface area (Å²) in [4.78, 5) is 4.68. The largest absolute Gasteiger partial charge is 0.489 e. The Labute approximate surface area is 162 Å². The van der Waals surface area contributed by atoms with E-state index >= 15 is 0 Å². The quantitative estimate of drug-likeness (QED) is 0.292. The number of benzene rings is 1. The first kappa shape index (κ1) is 20.6. The lowest BCUT2D eigenvalue weighted by atomic mass is 10.2. The van der Waals surface area contributed by atoms with Crippen molar-refractivity contribution in [3.8, 4) is 5.75 Å². The molecule has 0 fully saturated rings. The highest BCUT2D eigenvalue weighted by Crippen LogP contribution is 2.18. The molecule has 146 valence electrons. The van der Waals surface area contributed by atoms with Crippen molar-refractivity contribution in [3.63, 3.8) is 0 Å². The van der Waals surface area contributed by atoms with Gasteiger partial charge in [0.2, 0.25) is 0 Å². The molecular weight excluding hydrogens is 338 g/mol. The van der Waals surface area contributed by atoms with Gasteiger partial charge < -0.3 is 15.4 Å². The molecule has 0 bridgehead atoms. The highest BCUT2D eigenvalue weighted by Gasteiger charge is 2.04. The summed E-state index contributed by atoms with van der Waals surface area (Å²) >= 11 is 0. The van der Waals surface area contributed by atoms with Crippen LogP contribution in [-0.4, -0.2) is 35.4 Å². The van der Waals surface area contributed by atoms with Gasteiger partial charge >= 0.3 is 0 Å². The van der Waals surface area contributed by atoms with Crippen molar-refractivity contribution in [2.75, 3.05) is 19.7 Å². The summed E-state index contributed by atoms with van der Waals surface area (Å²) in [6, 6.07) is 10.1. The van der Waals surface area contributed by atoms with E-state index in [2.05, 4.69) is 47.2 Å². The number of hydrogen-bond donors (Lipinski definition) is 2. The molecule has 0 atom stereocenters. The molecule has 2 aromatic rings. The van der Waals surface area contributed by atoms with Crippen molar-refractivity contribution in [2.24, 2.45) is 4.99 Å². The van der Waals surface area contributed by atoms with Gasteiger partial charge in [0, 0.05) is 30.9 Å². The maximum absolute atomic E-state index is 5.70. The van der Waals surface area contributed by atoms with Crippen LogP contribution in [-0.2, 0) is 13.1 Å². The molecule has 1 aromatic heterocycles. The molecule has 6 nitrogen and oxygen atoms in total. The fraction of sp³-hybridized carbons (Fsp3) is 0.429. The van der Waals surface area contributed by atoms with E-state index in [-0.39, 0.29) is 0 Å². The van der Waals surface area contributed by atoms with Gasteiger partial charge in [0.25, 0.3) is 0 Å². The molecule has 0 amide bonds. The van der Waals surface area contributed by atoms with Crippen molar-refractivity contribution < 1.29 is 4.74 Å². The number of aliphatic imine (C=N–C) groups is 1. The van der Waals surface area contributed by atoms with Gasteiger partial charge in [-0.3, -0.25) is 4.68 Å². The van der Waals surface area contributed by atoms with Gasteiger partial charge in [0.15, 0.2) is 5.96 Å². The topological polar surface area (TPSA) is 63.5 Å². The lowest BCUT2D eigenvalue weighted by molar-refractivity contribution is 0.359. The Bertz CT molecular complexity index is 751. The minimum atomic E-state index is 0.491. The van der Waals surface area contributed by atoms with Crippen LogP contribution in [0.2, 0.25) is 0 Å². The zero-order valence-electron chi connectivity index (χ0n) is 16.7. The third-order valence-electron chi connectivity index (χ3n) is 4.02. The fourth-order valence-electron chi connectivity index (χ4n) is 2.77. The second kappa shape index (κ2) is 11.1. The number of para-hydroxylation sites is 1. The molecule has 0 unspecified atom stereocenters. The third kappa shape index (κ3) is 6.81. The van der Waals surface area contributed by atoms with Crippen LogP contribution in [0, 0.1) is 13.8 Å². The first-order chi connectivity index (χ1) is 13.1. The molecule has 1 heterocycles. The summed E-state index contributed by atoms with van der Waals surface area (Å²) < 4.78 is 7.75. The van der Waals surface area contributed by atoms with Crippen molar-refractivity contribution >= 4 is 5.96 Å². The maximum atomic E-state index is 5.70. The van der Waals surface area contributed by atoms with Crippen LogP contribution in [0.4, 0.5) is 0 Å². The van der Waals surface area contributed by atoms with Crippen LogP contribution in [0.1, 0.15) is 30.3 Å². The summed E-state index contributed by atoms with van der Waals surface area (Å²) in [5.41, 5.74) is 3.32. The molecule has 2 rings (SSSR count). The van der Waals surface area contributed by atoms with Gasteiger partial charge in [0.05, 0.1) is 12.2 Å². The number of rotatable bonds is 10. The average molecular weight is 370 g/mol. The van der Waals surface area contributed by atoms with Gasteiger partial charge in [-0.05, 0) is 39.3 Å². The fourth-order valence-corrected chi connectivity index (χ4v) is 2.77. The average Bonchev–Trinajstić information content (AvgIpc) is 2.99. The van der Waals surface area contributed by atoms with Gasteiger partial charge in [-0.25, -0.2) is 4.99 Å². The van der Waals surface area contributed by atoms with Crippen LogP contribution >= 0.6 is 0 Å². The standard InChI is InChI=1S/C21H31N5O/c1-5-14-27-20-11-8-7-10-19(20)16-24-21(22-6-2)23-12-9-13-26-18(4)15-17(3)25-26/h5,7-8,10-11,15H,1,6,9,12-14,16H2,2-4H3,(H2,22,23,24). The maximum Gasteiger partial charge on any atom is 0.191 e. The third-order valence-corrected chi connectivity index (χ3v) is 4.02. The van der Waals surface area contributed by atoms with E-state index in [1.807, 2.05) is 35.9 Å². The normalized spacial score (nSPS) is 11.3. The van der Waals surface area contributed by atoms with Crippen LogP contribution in [0.3, 0.4) is 0 Å². The van der Waals surface area contributed by atoms with Gasteiger partial charge in [0.1, 0.15) is 12.4 Å². The van der Waals surface area contributed by atoms with Gasteiger partial charge in [-0.1, -0.05) is 30.9 Å². The molecule has 0 spiro atoms. The van der Waals surface area contributed by atoms with E-state index in [4.69, 9.17) is 4.74 Å². The Morgan fingerprint density at radius 1 is 1.30 bits per heavy atom. The van der Waals surface area contributed by atoms with Crippen LogP contribution in [0.25, 0.3) is 0 Å². The molecule has 0 saturated carbocycles. The predicted molar refractivity (Wildman–Crippen MR) is 111 cm³/mol. The Hall–Kier alpha value is -2.76. The van der Waals surface area contributed by atoms with E-state index in [0.29, 0.717) is 13.2 Å². The number of hydrogen-bond acceptors (Lipinski definition) is 3. The monoisotopic (exact) mass is 369 g/mol. The number of guanidine groups is 1. The second-order valence-electron chi connectivity index (χ2n) is 6.33. The first-order valence-electron chi connectivity index (χ1n) is 9.49. The van der Waals surface area contributed by atoms with Crippen molar-refractivity contribution in [1.82, 2.24) is 20.4 Å². The first-order valence-corrected chi connectivity index (χ1v) is 9.49. The van der Waals surface area contributed by atoms with E-state index < -0.39 is 0 Å². The van der Waals surface area contributed by atoms with Crippen LogP contribution in [0.5, 0.6) is 5.75 Å². The van der Waals surface area contributed by atoms with Crippen molar-refractivity contribution in [1.29, 1.82) is 0 Å². The number of nitrogens with zero attached hydrogens (tertiary/aromatic N) is 3. The molecule has 0 radical (unpaired) electrons. The summed E-state index contributed by atoms with van der Waals surface area (Å²) in [6.07, 6.45) is 2.72. The lowest BCUT2D eigenvalue weighted by Gasteiger charge is -2.13. The minimum absolute atomic E-state index is 0.491. The molecule has 6 heteroatoms. The molecule has 0 aliphatic carbocycles. The summed E-state index contributed by atoms with van der Waals surface area (Å²) in [6.45, 7) is 13.5. The van der Waals surface area contributed by atoms with Gasteiger partial charge in [-0.2, -0.15) is 5.10 Å². The summed E-state index contributed by atoms with van der Waals surface area (Å²) in [5.74, 6) is 1.66. The zero-order valence-corrected chi connectivity index (χ0v) is 16.7. The smallest absolute Gasteiger partial charge is 0.191 e. The van der Waals surface area contributed by atoms with E-state index in [1.165, 1.54) is 5.69 Å². The van der Waals surface area contributed by atoms with E-state index in [0.717, 1.165) is 49.0 Å². The van der Waals surface area contributed by atoms with Crippen molar-refractivity contribution in [3.05, 3.63) is 59.9 Å². The van der Waals surface area contributed by atoms with Crippen molar-refractivity contribution in [2.45, 2.75) is 40.3 Å². The summed E-state index contributed by atoms with van der Waals surface area (Å²) in [7, 11) is 0. The Morgan fingerprint density at radius 3 is 2.81 bits per heavy atom. The molecule has 1 aromatic carbocycles. The van der Waals surface area contributed by atoms with E-state index in [9.17, 15) is 0 Å². The molecule has 0 aliphatic heterocycles. The lowest BCUT2D eigenvalue weighted by Crippen LogP contribution is -2.38. The molecule has 27 heavy (non-hydrogen) atoms. The number of aryl methyl sites for hydroxylation is 3. The van der Waals surface area contributed by atoms with Gasteiger partial charge in [-0.15, -0.1) is 0 Å². The number of ether oxygens (including phenoxy) is 1. The Morgan fingerprint density at radius 2 is 2.11 bits per heavy atom. The number of aromatic nitrogens is 2. The Kier molecular flexibility index (Phi) is 8.42. The molecule has 0 aliphatic rings. The Balaban J connectivity index is 1.88. The summed E-state index contributed by atoms with van der Waals surface area (Å²) in [5, 5.41) is 11.2. The molecule has 0 saturated heterocycles. The highest BCUT2D eigenvalue weighted by molar-refractivity contribution is 5.79. The molecular formula is C21H31N5O. The second-order valence-corrected chi connectivity index (χ2v) is 6.33.